The first-order valence-corrected chi connectivity index (χ1v) is 13.7. The predicted molar refractivity (Wildman–Crippen MR) is 125 cm³/mol. The lowest BCUT2D eigenvalue weighted by Gasteiger charge is -2.25. The molecule has 4 rings (SSSR count). The van der Waals surface area contributed by atoms with Gasteiger partial charge in [0, 0.05) is 49.4 Å². The molecule has 7 nitrogen and oxygen atoms in total. The highest BCUT2D eigenvalue weighted by Gasteiger charge is 2.26. The lowest BCUT2D eigenvalue weighted by molar-refractivity contribution is 0.0957. The van der Waals surface area contributed by atoms with E-state index < -0.39 is 10.0 Å². The molecular formula is C23H31N3O4S2. The van der Waals surface area contributed by atoms with E-state index in [9.17, 15) is 13.2 Å². The van der Waals surface area contributed by atoms with Crippen molar-refractivity contribution in [2.45, 2.75) is 68.5 Å². The molecule has 0 spiro atoms. The molecule has 9 heteroatoms. The van der Waals surface area contributed by atoms with Crippen LogP contribution < -0.4 is 0 Å². The Labute approximate surface area is 194 Å². The molecule has 1 atom stereocenters. The maximum atomic E-state index is 12.9. The highest BCUT2D eigenvalue weighted by molar-refractivity contribution is 7.99. The van der Waals surface area contributed by atoms with Crippen molar-refractivity contribution < 1.29 is 17.9 Å². The number of piperidine rings is 1. The predicted octanol–water partition coefficient (Wildman–Crippen LogP) is 3.83. The molecule has 0 aromatic carbocycles. The molecular weight excluding hydrogens is 446 g/mol. The summed E-state index contributed by atoms with van der Waals surface area (Å²) < 4.78 is 35.0. The summed E-state index contributed by atoms with van der Waals surface area (Å²) in [6.45, 7) is 6.74. The minimum Gasteiger partial charge on any atom is -0.376 e. The number of pyridine rings is 1. The van der Waals surface area contributed by atoms with Gasteiger partial charge in [0.05, 0.1) is 16.9 Å². The number of sulfonamides is 1. The van der Waals surface area contributed by atoms with E-state index in [4.69, 9.17) is 4.74 Å². The van der Waals surface area contributed by atoms with E-state index in [0.29, 0.717) is 18.1 Å². The SMILES string of the molecule is Cc1cc(C(=O)CSc2ccc(S(=O)(=O)N3CCCCC3)cn2)c(C)n1C[C@H]1CCCO1. The molecule has 2 aliphatic rings. The number of nitrogens with zero attached hydrogens (tertiary/aromatic N) is 3. The number of ketones is 1. The zero-order chi connectivity index (χ0) is 22.7. The first-order valence-electron chi connectivity index (χ1n) is 11.3. The number of carbonyl (C=O) groups excluding carboxylic acids is 1. The van der Waals surface area contributed by atoms with Crippen LogP contribution in [-0.2, 0) is 21.3 Å². The van der Waals surface area contributed by atoms with Crippen molar-refractivity contribution in [1.82, 2.24) is 13.9 Å². The van der Waals surface area contributed by atoms with Gasteiger partial charge in [-0.05, 0) is 57.7 Å². The number of ether oxygens (including phenoxy) is 1. The number of aryl methyl sites for hydroxylation is 1. The van der Waals surface area contributed by atoms with Crippen molar-refractivity contribution in [1.29, 1.82) is 0 Å². The molecule has 0 unspecified atom stereocenters. The van der Waals surface area contributed by atoms with E-state index in [0.717, 1.165) is 62.2 Å². The second-order valence-corrected chi connectivity index (χ2v) is 11.5. The van der Waals surface area contributed by atoms with Crippen molar-refractivity contribution >= 4 is 27.6 Å². The van der Waals surface area contributed by atoms with Gasteiger partial charge in [-0.1, -0.05) is 18.2 Å². The average molecular weight is 478 g/mol. The van der Waals surface area contributed by atoms with Gasteiger partial charge < -0.3 is 9.30 Å². The fraction of sp³-hybridized carbons (Fsp3) is 0.565. The van der Waals surface area contributed by atoms with E-state index in [1.807, 2.05) is 19.9 Å². The second kappa shape index (κ2) is 10.1. The Morgan fingerprint density at radius 2 is 1.97 bits per heavy atom. The summed E-state index contributed by atoms with van der Waals surface area (Å²) in [5, 5.41) is 0.643. The highest BCUT2D eigenvalue weighted by Crippen LogP contribution is 2.25. The maximum absolute atomic E-state index is 12.9. The lowest BCUT2D eigenvalue weighted by atomic mass is 10.2. The molecule has 0 N–H and O–H groups in total. The summed E-state index contributed by atoms with van der Waals surface area (Å²) in [5.74, 6) is 0.309. The van der Waals surface area contributed by atoms with Crippen molar-refractivity contribution in [2.24, 2.45) is 0 Å². The Bertz CT molecular complexity index is 1050. The molecule has 2 aromatic rings. The number of hydrogen-bond donors (Lipinski definition) is 0. The van der Waals surface area contributed by atoms with Crippen LogP contribution in [0.15, 0.2) is 34.3 Å². The zero-order valence-corrected chi connectivity index (χ0v) is 20.4. The molecule has 0 radical (unpaired) electrons. The fourth-order valence-corrected chi connectivity index (χ4v) is 6.62. The minimum atomic E-state index is -3.49. The van der Waals surface area contributed by atoms with E-state index in [-0.39, 0.29) is 22.5 Å². The van der Waals surface area contributed by atoms with Crippen LogP contribution in [0.3, 0.4) is 0 Å². The molecule has 4 heterocycles. The van der Waals surface area contributed by atoms with Crippen molar-refractivity contribution in [2.75, 3.05) is 25.4 Å². The molecule has 2 aromatic heterocycles. The quantitative estimate of drug-likeness (QED) is 0.425. The van der Waals surface area contributed by atoms with E-state index >= 15 is 0 Å². The van der Waals surface area contributed by atoms with Crippen LogP contribution in [0.5, 0.6) is 0 Å². The van der Waals surface area contributed by atoms with Crippen molar-refractivity contribution in [3.05, 3.63) is 41.3 Å². The summed E-state index contributed by atoms with van der Waals surface area (Å²) in [7, 11) is -3.49. The number of thioether (sulfide) groups is 1. The maximum Gasteiger partial charge on any atom is 0.244 e. The van der Waals surface area contributed by atoms with Gasteiger partial charge in [0.15, 0.2) is 5.78 Å². The van der Waals surface area contributed by atoms with E-state index in [1.54, 1.807) is 12.1 Å². The summed E-state index contributed by atoms with van der Waals surface area (Å²) in [6, 6.07) is 5.24. The Balaban J connectivity index is 1.38. The summed E-state index contributed by atoms with van der Waals surface area (Å²) >= 11 is 1.33. The van der Waals surface area contributed by atoms with Crippen LogP contribution in [0.4, 0.5) is 0 Å². The topological polar surface area (TPSA) is 81.5 Å². The third kappa shape index (κ3) is 5.11. The van der Waals surface area contributed by atoms with Gasteiger partial charge in [-0.15, -0.1) is 0 Å². The molecule has 0 saturated carbocycles. The van der Waals surface area contributed by atoms with Gasteiger partial charge in [-0.25, -0.2) is 13.4 Å². The van der Waals surface area contributed by atoms with Crippen molar-refractivity contribution in [3.8, 4) is 0 Å². The molecule has 0 bridgehead atoms. The van der Waals surface area contributed by atoms with Gasteiger partial charge >= 0.3 is 0 Å². The monoisotopic (exact) mass is 477 g/mol. The fourth-order valence-electron chi connectivity index (χ4n) is 4.43. The van der Waals surface area contributed by atoms with Gasteiger partial charge in [0.2, 0.25) is 10.0 Å². The van der Waals surface area contributed by atoms with Gasteiger partial charge in [0.25, 0.3) is 0 Å². The minimum absolute atomic E-state index is 0.0495. The molecule has 174 valence electrons. The second-order valence-electron chi connectivity index (χ2n) is 8.54. The number of Topliss-reactive ketones (excluding diaryl/α,β-unsaturated/α-hetero) is 1. The lowest BCUT2D eigenvalue weighted by Crippen LogP contribution is -2.35. The summed E-state index contributed by atoms with van der Waals surface area (Å²) in [5.41, 5.74) is 2.77. The largest absolute Gasteiger partial charge is 0.376 e. The third-order valence-corrected chi connectivity index (χ3v) is 9.12. The normalized spacial score (nSPS) is 20.0. The molecule has 0 amide bonds. The number of rotatable bonds is 8. The average Bonchev–Trinajstić information content (AvgIpc) is 3.42. The smallest absolute Gasteiger partial charge is 0.244 e. The number of hydrogen-bond acceptors (Lipinski definition) is 6. The first kappa shape index (κ1) is 23.5. The third-order valence-electron chi connectivity index (χ3n) is 6.30. The van der Waals surface area contributed by atoms with Crippen LogP contribution in [-0.4, -0.2) is 59.6 Å². The van der Waals surface area contributed by atoms with E-state index in [2.05, 4.69) is 9.55 Å². The number of aromatic nitrogens is 2. The van der Waals surface area contributed by atoms with Crippen LogP contribution in [0.1, 0.15) is 53.8 Å². The highest BCUT2D eigenvalue weighted by atomic mass is 32.2. The van der Waals surface area contributed by atoms with Crippen LogP contribution in [0, 0.1) is 13.8 Å². The van der Waals surface area contributed by atoms with E-state index in [1.165, 1.54) is 22.3 Å². The Hall–Kier alpha value is -1.68. The van der Waals surface area contributed by atoms with Gasteiger partial charge in [-0.3, -0.25) is 4.79 Å². The standard InChI is InChI=1S/C23H31N3O4S2/c1-17-13-21(18(2)26(17)15-19-7-6-12-30-19)22(27)16-31-23-9-8-20(14-24-23)32(28,29)25-10-4-3-5-11-25/h8-9,13-14,19H,3-7,10-12,15-16H2,1-2H3/t19-/m1/s1. The van der Waals surface area contributed by atoms with Gasteiger partial charge in [-0.2, -0.15) is 4.31 Å². The van der Waals surface area contributed by atoms with Crippen LogP contribution in [0.25, 0.3) is 0 Å². The summed E-state index contributed by atoms with van der Waals surface area (Å²) in [4.78, 5) is 17.4. The zero-order valence-electron chi connectivity index (χ0n) is 18.7. The number of carbonyl (C=O) groups is 1. The molecule has 0 aliphatic carbocycles. The van der Waals surface area contributed by atoms with Crippen LogP contribution >= 0.6 is 11.8 Å². The van der Waals surface area contributed by atoms with Crippen molar-refractivity contribution in [3.63, 3.8) is 0 Å². The van der Waals surface area contributed by atoms with Gasteiger partial charge in [0.1, 0.15) is 4.90 Å². The Morgan fingerprint density at radius 1 is 1.19 bits per heavy atom. The first-order chi connectivity index (χ1) is 15.4. The molecule has 2 fully saturated rings. The van der Waals surface area contributed by atoms with Crippen LogP contribution in [0.2, 0.25) is 0 Å². The molecule has 32 heavy (non-hydrogen) atoms. The molecule has 2 aliphatic heterocycles. The molecule has 2 saturated heterocycles. The Kier molecular flexibility index (Phi) is 7.39. The summed E-state index contributed by atoms with van der Waals surface area (Å²) in [6.07, 6.45) is 6.66. The Morgan fingerprint density at radius 3 is 2.62 bits per heavy atom.